The number of amides is 1. The Balaban J connectivity index is 1.36. The molecule has 1 aromatic heterocycles. The summed E-state index contributed by atoms with van der Waals surface area (Å²) in [5.74, 6) is -0.215. The highest BCUT2D eigenvalue weighted by Crippen LogP contribution is 2.30. The molecule has 6 nitrogen and oxygen atoms in total. The van der Waals surface area contributed by atoms with Crippen molar-refractivity contribution in [3.63, 3.8) is 0 Å². The number of hydrogen-bond acceptors (Lipinski definition) is 5. The Hall–Kier alpha value is -4.71. The molecule has 4 aromatic carbocycles. The van der Waals surface area contributed by atoms with Crippen molar-refractivity contribution in [2.45, 2.75) is 6.54 Å². The quantitative estimate of drug-likeness (QED) is 0.312. The lowest BCUT2D eigenvalue weighted by Gasteiger charge is -2.12. The summed E-state index contributed by atoms with van der Waals surface area (Å²) in [7, 11) is 1.60. The number of nitrogens with zero attached hydrogens (tertiary/aromatic N) is 1. The highest BCUT2D eigenvalue weighted by molar-refractivity contribution is 6.06. The molecule has 0 saturated carbocycles. The molecule has 1 N–H and O–H groups in total. The maximum absolute atomic E-state index is 13.1. The molecule has 1 heterocycles. The Morgan fingerprint density at radius 3 is 2.36 bits per heavy atom. The van der Waals surface area contributed by atoms with Crippen LogP contribution in [-0.4, -0.2) is 30.6 Å². The van der Waals surface area contributed by atoms with Crippen molar-refractivity contribution in [2.75, 3.05) is 13.7 Å². The van der Waals surface area contributed by atoms with E-state index in [2.05, 4.69) is 5.32 Å². The van der Waals surface area contributed by atoms with Crippen LogP contribution in [0.4, 0.5) is 0 Å². The predicted octanol–water partition coefficient (Wildman–Crippen LogP) is 5.54. The van der Waals surface area contributed by atoms with E-state index in [1.807, 2.05) is 91.0 Å². The van der Waals surface area contributed by atoms with Gasteiger partial charge in [-0.2, -0.15) is 0 Å². The van der Waals surface area contributed by atoms with E-state index in [1.54, 1.807) is 13.2 Å². The number of fused-ring (bicyclic) bond motifs is 2. The molecule has 0 radical (unpaired) electrons. The predicted molar refractivity (Wildman–Crippen MR) is 140 cm³/mol. The van der Waals surface area contributed by atoms with Crippen LogP contribution in [0.25, 0.3) is 32.9 Å². The minimum atomic E-state index is -0.574. The van der Waals surface area contributed by atoms with Crippen molar-refractivity contribution in [1.82, 2.24) is 10.3 Å². The number of hydrogen-bond donors (Lipinski definition) is 1. The van der Waals surface area contributed by atoms with E-state index in [-0.39, 0.29) is 12.5 Å². The number of carbonyl (C=O) groups excluding carboxylic acids is 2. The monoisotopic (exact) mass is 476 g/mol. The van der Waals surface area contributed by atoms with Gasteiger partial charge in [0.1, 0.15) is 5.75 Å². The molecule has 1 amide bonds. The Bertz CT molecular complexity index is 1560. The lowest BCUT2D eigenvalue weighted by molar-refractivity contribution is -0.124. The van der Waals surface area contributed by atoms with Gasteiger partial charge in [0, 0.05) is 17.5 Å². The lowest BCUT2D eigenvalue weighted by atomic mass is 9.99. The number of pyridine rings is 1. The molecule has 0 aliphatic carbocycles. The van der Waals surface area contributed by atoms with Crippen LogP contribution in [0.15, 0.2) is 97.1 Å². The number of ether oxygens (including phenoxy) is 2. The van der Waals surface area contributed by atoms with E-state index in [9.17, 15) is 9.59 Å². The molecule has 0 spiro atoms. The van der Waals surface area contributed by atoms with Gasteiger partial charge in [0.2, 0.25) is 0 Å². The minimum absolute atomic E-state index is 0.323. The number of aromatic nitrogens is 1. The van der Waals surface area contributed by atoms with Crippen LogP contribution < -0.4 is 10.1 Å². The van der Waals surface area contributed by atoms with Crippen LogP contribution >= 0.6 is 0 Å². The van der Waals surface area contributed by atoms with Crippen molar-refractivity contribution in [1.29, 1.82) is 0 Å². The van der Waals surface area contributed by atoms with Gasteiger partial charge >= 0.3 is 5.97 Å². The van der Waals surface area contributed by atoms with Gasteiger partial charge in [0.05, 0.1) is 23.9 Å². The van der Waals surface area contributed by atoms with Crippen LogP contribution in [0.5, 0.6) is 5.75 Å². The first-order valence-corrected chi connectivity index (χ1v) is 11.6. The Kier molecular flexibility index (Phi) is 6.58. The first kappa shape index (κ1) is 23.1. The molecular weight excluding hydrogens is 452 g/mol. The van der Waals surface area contributed by atoms with Crippen molar-refractivity contribution in [3.05, 3.63) is 108 Å². The molecule has 0 atom stereocenters. The van der Waals surface area contributed by atoms with E-state index < -0.39 is 5.97 Å². The maximum Gasteiger partial charge on any atom is 0.339 e. The summed E-state index contributed by atoms with van der Waals surface area (Å²) in [4.78, 5) is 30.3. The number of para-hydroxylation sites is 1. The minimum Gasteiger partial charge on any atom is -0.497 e. The Morgan fingerprint density at radius 2 is 1.56 bits per heavy atom. The Labute approximate surface area is 208 Å². The summed E-state index contributed by atoms with van der Waals surface area (Å²) in [6, 6.07) is 30.6. The van der Waals surface area contributed by atoms with Crippen LogP contribution in [0.2, 0.25) is 0 Å². The Morgan fingerprint density at radius 1 is 0.833 bits per heavy atom. The third kappa shape index (κ3) is 4.88. The molecule has 178 valence electrons. The average Bonchev–Trinajstić information content (AvgIpc) is 2.94. The van der Waals surface area contributed by atoms with Gasteiger partial charge in [-0.1, -0.05) is 72.8 Å². The normalized spacial score (nSPS) is 10.8. The lowest BCUT2D eigenvalue weighted by Crippen LogP contribution is -2.28. The largest absolute Gasteiger partial charge is 0.497 e. The molecule has 0 unspecified atom stereocenters. The van der Waals surface area contributed by atoms with Crippen LogP contribution in [0, 0.1) is 0 Å². The van der Waals surface area contributed by atoms with Crippen molar-refractivity contribution >= 4 is 33.6 Å². The van der Waals surface area contributed by atoms with Crippen LogP contribution in [-0.2, 0) is 16.1 Å². The van der Waals surface area contributed by atoms with Gasteiger partial charge < -0.3 is 14.8 Å². The second-order valence-corrected chi connectivity index (χ2v) is 8.30. The number of nitrogens with one attached hydrogen (secondary N) is 1. The zero-order valence-electron chi connectivity index (χ0n) is 19.7. The van der Waals surface area contributed by atoms with Gasteiger partial charge in [0.15, 0.2) is 6.61 Å². The third-order valence-electron chi connectivity index (χ3n) is 5.98. The second-order valence-electron chi connectivity index (χ2n) is 8.30. The molecule has 6 heteroatoms. The number of esters is 1. The second kappa shape index (κ2) is 10.3. The first-order chi connectivity index (χ1) is 17.6. The van der Waals surface area contributed by atoms with Gasteiger partial charge in [-0.3, -0.25) is 4.79 Å². The van der Waals surface area contributed by atoms with E-state index in [4.69, 9.17) is 14.5 Å². The molecule has 5 aromatic rings. The van der Waals surface area contributed by atoms with E-state index in [1.165, 1.54) is 0 Å². The number of methoxy groups -OCH3 is 1. The standard InChI is InChI=1S/C30H24N2O4/c1-35-22-15-13-20(14-16-22)18-31-29(33)19-36-30(34)26-17-28(32-27-12-5-4-10-25(26)27)24-11-6-8-21-7-2-3-9-23(21)24/h2-17H,18-19H2,1H3,(H,31,33). The van der Waals surface area contributed by atoms with Crippen molar-refractivity contribution < 1.29 is 19.1 Å². The molecule has 0 fully saturated rings. The summed E-state index contributed by atoms with van der Waals surface area (Å²) < 4.78 is 10.5. The van der Waals surface area contributed by atoms with E-state index in [0.717, 1.165) is 27.6 Å². The van der Waals surface area contributed by atoms with Gasteiger partial charge in [-0.05, 0) is 40.6 Å². The fourth-order valence-electron chi connectivity index (χ4n) is 4.13. The fraction of sp³-hybridized carbons (Fsp3) is 0.100. The number of carbonyl (C=O) groups is 2. The SMILES string of the molecule is COc1ccc(CNC(=O)COC(=O)c2cc(-c3cccc4ccccc34)nc3ccccc23)cc1. The average molecular weight is 477 g/mol. The van der Waals surface area contributed by atoms with Crippen LogP contribution in [0.1, 0.15) is 15.9 Å². The summed E-state index contributed by atoms with van der Waals surface area (Å²) >= 11 is 0. The number of benzene rings is 4. The molecule has 5 rings (SSSR count). The molecular formula is C30H24N2O4. The van der Waals surface area contributed by atoms with E-state index in [0.29, 0.717) is 28.7 Å². The fourth-order valence-corrected chi connectivity index (χ4v) is 4.13. The zero-order valence-corrected chi connectivity index (χ0v) is 19.7. The first-order valence-electron chi connectivity index (χ1n) is 11.6. The smallest absolute Gasteiger partial charge is 0.339 e. The topological polar surface area (TPSA) is 77.5 Å². The van der Waals surface area contributed by atoms with Gasteiger partial charge in [0.25, 0.3) is 5.91 Å². The molecule has 0 bridgehead atoms. The zero-order chi connectivity index (χ0) is 24.9. The van der Waals surface area contributed by atoms with Gasteiger partial charge in [-0.15, -0.1) is 0 Å². The summed E-state index contributed by atoms with van der Waals surface area (Å²) in [6.45, 7) is -0.0565. The highest BCUT2D eigenvalue weighted by Gasteiger charge is 2.17. The molecule has 0 saturated heterocycles. The maximum atomic E-state index is 13.1. The van der Waals surface area contributed by atoms with Gasteiger partial charge in [-0.25, -0.2) is 9.78 Å². The summed E-state index contributed by atoms with van der Waals surface area (Å²) in [6.07, 6.45) is 0. The van der Waals surface area contributed by atoms with E-state index >= 15 is 0 Å². The summed E-state index contributed by atoms with van der Waals surface area (Å²) in [5.41, 5.74) is 3.55. The highest BCUT2D eigenvalue weighted by atomic mass is 16.5. The molecule has 0 aliphatic rings. The molecule has 36 heavy (non-hydrogen) atoms. The molecule has 0 aliphatic heterocycles. The van der Waals surface area contributed by atoms with Crippen LogP contribution in [0.3, 0.4) is 0 Å². The van der Waals surface area contributed by atoms with Crippen molar-refractivity contribution in [3.8, 4) is 17.0 Å². The van der Waals surface area contributed by atoms with Crippen molar-refractivity contribution in [2.24, 2.45) is 0 Å². The third-order valence-corrected chi connectivity index (χ3v) is 5.98. The summed E-state index contributed by atoms with van der Waals surface area (Å²) in [5, 5.41) is 5.57. The number of rotatable bonds is 7.